The molecule has 0 saturated heterocycles. The predicted molar refractivity (Wildman–Crippen MR) is 100 cm³/mol. The van der Waals surface area contributed by atoms with E-state index in [1.165, 1.54) is 19.3 Å². The van der Waals surface area contributed by atoms with Gasteiger partial charge >= 0.3 is 11.9 Å². The van der Waals surface area contributed by atoms with Gasteiger partial charge in [0.1, 0.15) is 0 Å². The largest absolute Gasteiger partial charge is 0.462 e. The molecule has 0 amide bonds. The van der Waals surface area contributed by atoms with Crippen LogP contribution in [0.5, 0.6) is 0 Å². The molecule has 1 aromatic rings. The number of aryl methyl sites for hydroxylation is 1. The van der Waals surface area contributed by atoms with E-state index in [9.17, 15) is 9.59 Å². The molecule has 0 N–H and O–H groups in total. The highest BCUT2D eigenvalue weighted by Gasteiger charge is 2.16. The molecule has 0 bridgehead atoms. The fourth-order valence-corrected chi connectivity index (χ4v) is 2.60. The summed E-state index contributed by atoms with van der Waals surface area (Å²) in [6, 6.07) is 5.14. The monoisotopic (exact) mass is 348 g/mol. The van der Waals surface area contributed by atoms with Gasteiger partial charge in [-0.1, -0.05) is 46.5 Å². The van der Waals surface area contributed by atoms with Crippen LogP contribution in [0.1, 0.15) is 92.0 Å². The fraction of sp³-hybridized carbons (Fsp3) is 0.619. The maximum atomic E-state index is 12.3. The van der Waals surface area contributed by atoms with Gasteiger partial charge in [0, 0.05) is 0 Å². The first-order valence-corrected chi connectivity index (χ1v) is 9.61. The summed E-state index contributed by atoms with van der Waals surface area (Å²) >= 11 is 0. The predicted octanol–water partition coefficient (Wildman–Crippen LogP) is 5.33. The van der Waals surface area contributed by atoms with Crippen LogP contribution in [0.25, 0.3) is 0 Å². The lowest BCUT2D eigenvalue weighted by atomic mass is 9.98. The van der Waals surface area contributed by atoms with Crippen LogP contribution in [0.15, 0.2) is 18.2 Å². The lowest BCUT2D eigenvalue weighted by molar-refractivity contribution is 0.0489. The molecule has 0 spiro atoms. The molecule has 0 atom stereocenters. The van der Waals surface area contributed by atoms with Crippen molar-refractivity contribution >= 4 is 11.9 Å². The Morgan fingerprint density at radius 3 is 2.08 bits per heavy atom. The molecule has 1 aromatic carbocycles. The van der Waals surface area contributed by atoms with Gasteiger partial charge in [0.2, 0.25) is 0 Å². The van der Waals surface area contributed by atoms with Crippen LogP contribution in [0.4, 0.5) is 0 Å². The topological polar surface area (TPSA) is 52.6 Å². The number of hydrogen-bond acceptors (Lipinski definition) is 4. The molecule has 0 heterocycles. The fourth-order valence-electron chi connectivity index (χ4n) is 2.60. The first kappa shape index (κ1) is 21.2. The molecule has 0 radical (unpaired) electrons. The number of esters is 2. The number of carbonyl (C=O) groups is 2. The van der Waals surface area contributed by atoms with E-state index in [-0.39, 0.29) is 11.9 Å². The third kappa shape index (κ3) is 7.72. The van der Waals surface area contributed by atoms with E-state index < -0.39 is 0 Å². The van der Waals surface area contributed by atoms with E-state index >= 15 is 0 Å². The second-order valence-corrected chi connectivity index (χ2v) is 6.31. The number of ether oxygens (including phenoxy) is 2. The summed E-state index contributed by atoms with van der Waals surface area (Å²) in [5.74, 6) is -0.638. The smallest absolute Gasteiger partial charge is 0.338 e. The van der Waals surface area contributed by atoms with Crippen molar-refractivity contribution in [3.63, 3.8) is 0 Å². The number of rotatable bonds is 12. The minimum Gasteiger partial charge on any atom is -0.462 e. The van der Waals surface area contributed by atoms with Crippen LogP contribution in [-0.2, 0) is 15.9 Å². The SMILES string of the molecule is CCCCCCCc1cc(C(=O)OCCC)ccc1C(=O)OCCC. The highest BCUT2D eigenvalue weighted by Crippen LogP contribution is 2.18. The van der Waals surface area contributed by atoms with E-state index in [2.05, 4.69) is 6.92 Å². The van der Waals surface area contributed by atoms with E-state index in [1.54, 1.807) is 18.2 Å². The van der Waals surface area contributed by atoms with Crippen LogP contribution < -0.4 is 0 Å². The summed E-state index contributed by atoms with van der Waals surface area (Å²) in [6.45, 7) is 6.93. The Morgan fingerprint density at radius 1 is 0.800 bits per heavy atom. The maximum absolute atomic E-state index is 12.3. The van der Waals surface area contributed by atoms with Gasteiger partial charge in [-0.2, -0.15) is 0 Å². The summed E-state index contributed by atoms with van der Waals surface area (Å²) in [5, 5.41) is 0. The Balaban J connectivity index is 2.86. The van der Waals surface area contributed by atoms with E-state index in [1.807, 2.05) is 13.8 Å². The van der Waals surface area contributed by atoms with Gasteiger partial charge in [0.15, 0.2) is 0 Å². The third-order valence-corrected chi connectivity index (χ3v) is 3.99. The van der Waals surface area contributed by atoms with Gasteiger partial charge in [-0.3, -0.25) is 0 Å². The lowest BCUT2D eigenvalue weighted by Crippen LogP contribution is -2.12. The highest BCUT2D eigenvalue weighted by molar-refractivity contribution is 5.94. The summed E-state index contributed by atoms with van der Waals surface area (Å²) in [5.41, 5.74) is 1.95. The molecule has 25 heavy (non-hydrogen) atoms. The van der Waals surface area contributed by atoms with Crippen LogP contribution in [-0.4, -0.2) is 25.2 Å². The zero-order valence-corrected chi connectivity index (χ0v) is 15.9. The van der Waals surface area contributed by atoms with Crippen molar-refractivity contribution in [2.24, 2.45) is 0 Å². The van der Waals surface area contributed by atoms with E-state index in [0.29, 0.717) is 24.3 Å². The highest BCUT2D eigenvalue weighted by atomic mass is 16.5. The van der Waals surface area contributed by atoms with Gasteiger partial charge in [-0.05, 0) is 49.4 Å². The van der Waals surface area contributed by atoms with Crippen molar-refractivity contribution in [2.45, 2.75) is 72.1 Å². The molecule has 0 saturated carbocycles. The van der Waals surface area contributed by atoms with Crippen molar-refractivity contribution in [1.82, 2.24) is 0 Å². The van der Waals surface area contributed by atoms with E-state index in [0.717, 1.165) is 37.7 Å². The number of carbonyl (C=O) groups excluding carboxylic acids is 2. The van der Waals surface area contributed by atoms with Gasteiger partial charge in [0.05, 0.1) is 24.3 Å². The average Bonchev–Trinajstić information content (AvgIpc) is 2.63. The number of unbranched alkanes of at least 4 members (excludes halogenated alkanes) is 4. The Kier molecular flexibility index (Phi) is 10.6. The normalized spacial score (nSPS) is 10.5. The molecule has 4 heteroatoms. The molecular weight excluding hydrogens is 316 g/mol. The summed E-state index contributed by atoms with van der Waals surface area (Å²) in [6.07, 6.45) is 8.11. The second kappa shape index (κ2) is 12.5. The van der Waals surface area contributed by atoms with Crippen molar-refractivity contribution in [3.8, 4) is 0 Å². The molecule has 0 fully saturated rings. The minimum absolute atomic E-state index is 0.307. The van der Waals surface area contributed by atoms with Gasteiger partial charge in [-0.15, -0.1) is 0 Å². The molecular formula is C21H32O4. The Hall–Kier alpha value is -1.84. The van der Waals surface area contributed by atoms with Crippen LogP contribution in [0.2, 0.25) is 0 Å². The van der Waals surface area contributed by atoms with Gasteiger partial charge in [0.25, 0.3) is 0 Å². The standard InChI is InChI=1S/C21H32O4/c1-4-7-8-9-10-11-17-16-18(20(22)24-14-5-2)12-13-19(17)21(23)25-15-6-3/h12-13,16H,4-11,14-15H2,1-3H3. The first-order chi connectivity index (χ1) is 12.1. The van der Waals surface area contributed by atoms with Crippen molar-refractivity contribution in [2.75, 3.05) is 13.2 Å². The van der Waals surface area contributed by atoms with Crippen molar-refractivity contribution in [3.05, 3.63) is 34.9 Å². The summed E-state index contributed by atoms with van der Waals surface area (Å²) in [7, 11) is 0. The molecule has 0 aromatic heterocycles. The van der Waals surface area contributed by atoms with Crippen molar-refractivity contribution < 1.29 is 19.1 Å². The van der Waals surface area contributed by atoms with Crippen LogP contribution in [0.3, 0.4) is 0 Å². The molecule has 140 valence electrons. The zero-order chi connectivity index (χ0) is 18.5. The molecule has 0 unspecified atom stereocenters. The second-order valence-electron chi connectivity index (χ2n) is 6.31. The third-order valence-electron chi connectivity index (χ3n) is 3.99. The maximum Gasteiger partial charge on any atom is 0.338 e. The summed E-state index contributed by atoms with van der Waals surface area (Å²) in [4.78, 5) is 24.4. The quantitative estimate of drug-likeness (QED) is 0.378. The van der Waals surface area contributed by atoms with Crippen LogP contribution >= 0.6 is 0 Å². The number of hydrogen-bond donors (Lipinski definition) is 0. The average molecular weight is 348 g/mol. The molecule has 1 rings (SSSR count). The Morgan fingerprint density at radius 2 is 1.44 bits per heavy atom. The Bertz CT molecular complexity index is 537. The summed E-state index contributed by atoms with van der Waals surface area (Å²) < 4.78 is 10.5. The minimum atomic E-state index is -0.331. The molecule has 0 aliphatic carbocycles. The van der Waals surface area contributed by atoms with Crippen molar-refractivity contribution in [1.29, 1.82) is 0 Å². The van der Waals surface area contributed by atoms with Gasteiger partial charge in [-0.25, -0.2) is 9.59 Å². The zero-order valence-electron chi connectivity index (χ0n) is 15.9. The Labute approximate surface area is 151 Å². The first-order valence-electron chi connectivity index (χ1n) is 9.61. The van der Waals surface area contributed by atoms with Gasteiger partial charge < -0.3 is 9.47 Å². The van der Waals surface area contributed by atoms with E-state index in [4.69, 9.17) is 9.47 Å². The number of benzene rings is 1. The molecule has 0 aliphatic heterocycles. The lowest BCUT2D eigenvalue weighted by Gasteiger charge is -2.11. The molecule has 0 aliphatic rings. The van der Waals surface area contributed by atoms with Crippen LogP contribution in [0, 0.1) is 0 Å². The molecule has 4 nitrogen and oxygen atoms in total.